The van der Waals surface area contributed by atoms with E-state index in [0.717, 1.165) is 9.90 Å². The van der Waals surface area contributed by atoms with Gasteiger partial charge in [0.2, 0.25) is 5.16 Å². The van der Waals surface area contributed by atoms with Crippen molar-refractivity contribution in [3.63, 3.8) is 0 Å². The fraction of sp³-hybridized carbons (Fsp3) is 0.294. The van der Waals surface area contributed by atoms with Gasteiger partial charge in [0.05, 0.1) is 6.04 Å². The molecular formula is C17H18N6O3S2. The van der Waals surface area contributed by atoms with Crippen molar-refractivity contribution in [2.45, 2.75) is 42.0 Å². The topological polar surface area (TPSA) is 112 Å². The van der Waals surface area contributed by atoms with Crippen LogP contribution < -0.4 is 5.32 Å². The summed E-state index contributed by atoms with van der Waals surface area (Å²) in [6, 6.07) is 8.63. The summed E-state index contributed by atoms with van der Waals surface area (Å²) in [4.78, 5) is 29.8. The molecule has 3 rings (SSSR count). The Morgan fingerprint density at radius 2 is 2.14 bits per heavy atom. The maximum atomic E-state index is 12.5. The Bertz CT molecular complexity index is 901. The minimum absolute atomic E-state index is 0.0943. The van der Waals surface area contributed by atoms with Crippen molar-refractivity contribution in [1.82, 2.24) is 30.5 Å². The maximum absolute atomic E-state index is 12.5. The van der Waals surface area contributed by atoms with E-state index in [-0.39, 0.29) is 18.9 Å². The van der Waals surface area contributed by atoms with Crippen molar-refractivity contribution in [2.24, 2.45) is 0 Å². The first kappa shape index (κ1) is 20.0. The Hall–Kier alpha value is -2.79. The number of ketones is 1. The number of ether oxygens (including phenoxy) is 1. The molecule has 1 aromatic carbocycles. The van der Waals surface area contributed by atoms with E-state index in [4.69, 9.17) is 4.74 Å². The van der Waals surface area contributed by atoms with Crippen LogP contribution in [0.4, 0.5) is 4.79 Å². The number of hydrogen-bond donors (Lipinski definition) is 1. The Kier molecular flexibility index (Phi) is 7.09. The average molecular weight is 419 g/mol. The molecular weight excluding hydrogens is 400 g/mol. The van der Waals surface area contributed by atoms with Gasteiger partial charge in [0.1, 0.15) is 13.2 Å². The molecule has 0 spiro atoms. The Morgan fingerprint density at radius 3 is 2.86 bits per heavy atom. The van der Waals surface area contributed by atoms with Crippen LogP contribution in [0.1, 0.15) is 18.9 Å². The van der Waals surface area contributed by atoms with E-state index in [1.165, 1.54) is 27.9 Å². The zero-order valence-electron chi connectivity index (χ0n) is 15.0. The number of aromatic nitrogens is 5. The molecule has 0 aliphatic carbocycles. The van der Waals surface area contributed by atoms with Crippen LogP contribution in [0.25, 0.3) is 0 Å². The van der Waals surface area contributed by atoms with Crippen LogP contribution >= 0.6 is 23.1 Å². The van der Waals surface area contributed by atoms with E-state index >= 15 is 0 Å². The average Bonchev–Trinajstić information content (AvgIpc) is 3.37. The molecule has 1 N–H and O–H groups in total. The lowest BCUT2D eigenvalue weighted by atomic mass is 10.1. The molecule has 0 saturated carbocycles. The number of thiazole rings is 1. The van der Waals surface area contributed by atoms with Gasteiger partial charge in [-0.15, -0.1) is 21.5 Å². The van der Waals surface area contributed by atoms with Gasteiger partial charge in [-0.2, -0.15) is 4.80 Å². The van der Waals surface area contributed by atoms with Crippen molar-refractivity contribution >= 4 is 35.0 Å². The molecule has 2 heterocycles. The summed E-state index contributed by atoms with van der Waals surface area (Å²) in [5, 5.41) is 16.8. The second-order valence-corrected chi connectivity index (χ2v) is 7.74. The second-order valence-electron chi connectivity index (χ2n) is 5.64. The van der Waals surface area contributed by atoms with Gasteiger partial charge in [-0.25, -0.2) is 9.78 Å². The van der Waals surface area contributed by atoms with Crippen LogP contribution in [0.15, 0.2) is 51.4 Å². The number of hydrogen-bond acceptors (Lipinski definition) is 9. The number of nitrogens with one attached hydrogen (secondary N) is 1. The van der Waals surface area contributed by atoms with Crippen molar-refractivity contribution < 1.29 is 14.3 Å². The molecule has 0 bridgehead atoms. The lowest BCUT2D eigenvalue weighted by molar-refractivity contribution is -0.122. The molecule has 146 valence electrons. The highest BCUT2D eigenvalue weighted by Gasteiger charge is 2.21. The van der Waals surface area contributed by atoms with Crippen molar-refractivity contribution in [1.29, 1.82) is 0 Å². The minimum atomic E-state index is -0.690. The van der Waals surface area contributed by atoms with E-state index in [2.05, 4.69) is 25.7 Å². The van der Waals surface area contributed by atoms with Gasteiger partial charge in [0, 0.05) is 11.6 Å². The summed E-state index contributed by atoms with van der Waals surface area (Å²) < 4.78 is 5.95. The van der Waals surface area contributed by atoms with Gasteiger partial charge in [0.15, 0.2) is 10.1 Å². The van der Waals surface area contributed by atoms with Gasteiger partial charge < -0.3 is 10.1 Å². The van der Waals surface area contributed by atoms with Crippen molar-refractivity contribution in [3.8, 4) is 0 Å². The first-order chi connectivity index (χ1) is 13.6. The highest BCUT2D eigenvalue weighted by atomic mass is 32.2. The van der Waals surface area contributed by atoms with Gasteiger partial charge in [-0.3, -0.25) is 4.79 Å². The van der Waals surface area contributed by atoms with E-state index in [9.17, 15) is 9.59 Å². The number of alkyl carbamates (subject to hydrolysis) is 1. The van der Waals surface area contributed by atoms with E-state index in [1.54, 1.807) is 13.1 Å². The molecule has 3 aromatic rings. The highest BCUT2D eigenvalue weighted by Crippen LogP contribution is 2.25. The summed E-state index contributed by atoms with van der Waals surface area (Å²) in [6.07, 6.45) is 1.47. The van der Waals surface area contributed by atoms with E-state index in [0.29, 0.717) is 11.6 Å². The van der Waals surface area contributed by atoms with Crippen LogP contribution in [0.3, 0.4) is 0 Å². The third kappa shape index (κ3) is 5.86. The third-order valence-electron chi connectivity index (χ3n) is 3.62. The summed E-state index contributed by atoms with van der Waals surface area (Å²) in [5.41, 5.74) is 0.870. The van der Waals surface area contributed by atoms with Gasteiger partial charge in [0.25, 0.3) is 0 Å². The lowest BCUT2D eigenvalue weighted by Gasteiger charge is -2.15. The molecule has 0 fully saturated rings. The molecule has 11 heteroatoms. The molecule has 0 aliphatic heterocycles. The first-order valence-electron chi connectivity index (χ1n) is 8.49. The molecule has 0 radical (unpaired) electrons. The summed E-state index contributed by atoms with van der Waals surface area (Å²) in [5.74, 6) is -0.234. The van der Waals surface area contributed by atoms with Crippen LogP contribution in [0.2, 0.25) is 0 Å². The van der Waals surface area contributed by atoms with Gasteiger partial charge >= 0.3 is 6.09 Å². The number of rotatable bonds is 9. The third-order valence-corrected chi connectivity index (χ3v) is 5.35. The molecule has 2 aromatic heterocycles. The fourth-order valence-electron chi connectivity index (χ4n) is 2.24. The molecule has 1 amide bonds. The largest absolute Gasteiger partial charge is 0.445 e. The monoisotopic (exact) mass is 418 g/mol. The SMILES string of the molecule is CCC(NC(=O)OCc1ccccc1)C(=O)Cn1nnc(Sc2nccs2)n1. The Balaban J connectivity index is 1.49. The van der Waals surface area contributed by atoms with E-state index in [1.807, 2.05) is 35.7 Å². The summed E-state index contributed by atoms with van der Waals surface area (Å²) in [6.45, 7) is 1.85. The van der Waals surface area contributed by atoms with Crippen LogP contribution in [0.5, 0.6) is 0 Å². The molecule has 0 saturated heterocycles. The molecule has 1 unspecified atom stereocenters. The lowest BCUT2D eigenvalue weighted by Crippen LogP contribution is -2.42. The van der Waals surface area contributed by atoms with Crippen LogP contribution in [0, 0.1) is 0 Å². The normalized spacial score (nSPS) is 11.8. The number of nitrogens with zero attached hydrogens (tertiary/aromatic N) is 5. The fourth-order valence-corrected chi connectivity index (χ4v) is 3.67. The number of carbonyl (C=O) groups excluding carboxylic acids is 2. The van der Waals surface area contributed by atoms with Crippen LogP contribution in [-0.2, 0) is 22.7 Å². The number of Topliss-reactive ketones (excluding diaryl/α,β-unsaturated/α-hetero) is 1. The molecule has 1 atom stereocenters. The summed E-state index contributed by atoms with van der Waals surface area (Å²) in [7, 11) is 0. The van der Waals surface area contributed by atoms with E-state index < -0.39 is 12.1 Å². The zero-order chi connectivity index (χ0) is 19.8. The first-order valence-corrected chi connectivity index (χ1v) is 10.2. The summed E-state index contributed by atoms with van der Waals surface area (Å²) >= 11 is 2.74. The number of tetrazole rings is 1. The van der Waals surface area contributed by atoms with Crippen molar-refractivity contribution in [2.75, 3.05) is 0 Å². The number of benzene rings is 1. The predicted molar refractivity (Wildman–Crippen MR) is 103 cm³/mol. The second kappa shape index (κ2) is 9.95. The predicted octanol–water partition coefficient (Wildman–Crippen LogP) is 2.55. The molecule has 0 aliphatic rings. The number of carbonyl (C=O) groups is 2. The highest BCUT2D eigenvalue weighted by molar-refractivity contribution is 8.00. The van der Waals surface area contributed by atoms with Gasteiger partial charge in [-0.1, -0.05) is 37.3 Å². The zero-order valence-corrected chi connectivity index (χ0v) is 16.7. The standard InChI is InChI=1S/C17H18N6O3S2/c1-2-13(19-16(25)26-11-12-6-4-3-5-7-12)14(24)10-23-21-15(20-22-23)28-17-18-8-9-27-17/h3-9,13H,2,10-11H2,1H3,(H,19,25). The minimum Gasteiger partial charge on any atom is -0.445 e. The molecule has 9 nitrogen and oxygen atoms in total. The van der Waals surface area contributed by atoms with Gasteiger partial charge in [-0.05, 0) is 29.0 Å². The van der Waals surface area contributed by atoms with Crippen molar-refractivity contribution in [3.05, 3.63) is 47.5 Å². The quantitative estimate of drug-likeness (QED) is 0.564. The Morgan fingerprint density at radius 1 is 1.32 bits per heavy atom. The number of amides is 1. The Labute approximate surface area is 169 Å². The maximum Gasteiger partial charge on any atom is 0.408 e. The smallest absolute Gasteiger partial charge is 0.408 e. The van der Waals surface area contributed by atoms with Crippen LogP contribution in [-0.4, -0.2) is 43.1 Å². The molecule has 28 heavy (non-hydrogen) atoms.